The number of aromatic nitrogens is 1. The predicted octanol–water partition coefficient (Wildman–Crippen LogP) is 2.69. The molecular weight excluding hydrogens is 284 g/mol. The van der Waals surface area contributed by atoms with Crippen molar-refractivity contribution in [1.82, 2.24) is 4.98 Å². The summed E-state index contributed by atoms with van der Waals surface area (Å²) >= 11 is 3.02. The van der Waals surface area contributed by atoms with E-state index in [1.54, 1.807) is 0 Å². The Balaban J connectivity index is 2.65. The molecule has 0 saturated carbocycles. The fourth-order valence-corrected chi connectivity index (χ4v) is 2.80. The number of thioether (sulfide) groups is 1. The summed E-state index contributed by atoms with van der Waals surface area (Å²) in [6.45, 7) is 2.20. The average molecular weight is 302 g/mol. The van der Waals surface area contributed by atoms with Crippen molar-refractivity contribution in [3.8, 4) is 0 Å². The fourth-order valence-electron chi connectivity index (χ4n) is 1.44. The Labute approximate surface area is 121 Å². The summed E-state index contributed by atoms with van der Waals surface area (Å²) in [4.78, 5) is 27.4. The summed E-state index contributed by atoms with van der Waals surface area (Å²) in [6, 6.07) is 0. The lowest BCUT2D eigenvalue weighted by atomic mass is 10.3. The summed E-state index contributed by atoms with van der Waals surface area (Å²) in [5.74, 6) is 0.385. The van der Waals surface area contributed by atoms with Crippen LogP contribution < -0.4 is 5.32 Å². The number of hydrogen-bond acceptors (Lipinski definition) is 7. The van der Waals surface area contributed by atoms with Crippen LogP contribution in [0.5, 0.6) is 0 Å². The molecule has 19 heavy (non-hydrogen) atoms. The second-order valence-electron chi connectivity index (χ2n) is 3.87. The Morgan fingerprint density at radius 2 is 2.16 bits per heavy atom. The lowest BCUT2D eigenvalue weighted by Gasteiger charge is -2.01. The maximum Gasteiger partial charge on any atom is 0.358 e. The third-order valence-electron chi connectivity index (χ3n) is 2.38. The van der Waals surface area contributed by atoms with E-state index in [9.17, 15) is 9.59 Å². The van der Waals surface area contributed by atoms with Gasteiger partial charge in [0.15, 0.2) is 16.6 Å². The van der Waals surface area contributed by atoms with E-state index in [4.69, 9.17) is 0 Å². The van der Waals surface area contributed by atoms with E-state index < -0.39 is 5.97 Å². The van der Waals surface area contributed by atoms with Crippen molar-refractivity contribution in [3.05, 3.63) is 10.6 Å². The highest BCUT2D eigenvalue weighted by atomic mass is 32.2. The summed E-state index contributed by atoms with van der Waals surface area (Å²) < 4.78 is 4.62. The molecule has 0 aliphatic heterocycles. The number of nitrogens with zero attached hydrogens (tertiary/aromatic N) is 1. The van der Waals surface area contributed by atoms with Crippen LogP contribution in [-0.2, 0) is 4.74 Å². The molecule has 0 saturated heterocycles. The Bertz CT molecular complexity index is 446. The van der Waals surface area contributed by atoms with E-state index in [0.29, 0.717) is 10.0 Å². The summed E-state index contributed by atoms with van der Waals surface area (Å²) in [6.07, 6.45) is 4.24. The van der Waals surface area contributed by atoms with Crippen LogP contribution in [0, 0.1) is 0 Å². The van der Waals surface area contributed by atoms with Gasteiger partial charge in [0, 0.05) is 13.5 Å². The first-order valence-corrected chi connectivity index (χ1v) is 8.14. The van der Waals surface area contributed by atoms with Crippen LogP contribution in [0.1, 0.15) is 39.9 Å². The van der Waals surface area contributed by atoms with Crippen molar-refractivity contribution in [1.29, 1.82) is 0 Å². The normalized spacial score (nSPS) is 10.3. The lowest BCUT2D eigenvalue weighted by Crippen LogP contribution is -2.07. The van der Waals surface area contributed by atoms with Gasteiger partial charge in [-0.05, 0) is 24.9 Å². The van der Waals surface area contributed by atoms with Gasteiger partial charge in [-0.1, -0.05) is 11.3 Å². The van der Waals surface area contributed by atoms with Gasteiger partial charge in [0.05, 0.1) is 7.11 Å². The van der Waals surface area contributed by atoms with Crippen LogP contribution in [0.25, 0.3) is 0 Å². The molecule has 1 aromatic rings. The molecule has 7 heteroatoms. The number of esters is 1. The van der Waals surface area contributed by atoms with E-state index in [-0.39, 0.29) is 11.5 Å². The molecule has 0 spiro atoms. The largest absolute Gasteiger partial charge is 0.464 e. The van der Waals surface area contributed by atoms with Gasteiger partial charge >= 0.3 is 5.97 Å². The molecule has 1 heterocycles. The van der Waals surface area contributed by atoms with Crippen molar-refractivity contribution in [3.63, 3.8) is 0 Å². The number of methoxy groups -OCH3 is 1. The number of hydrogen-bond donors (Lipinski definition) is 1. The average Bonchev–Trinajstić information content (AvgIpc) is 2.82. The minimum Gasteiger partial charge on any atom is -0.464 e. The van der Waals surface area contributed by atoms with Crippen molar-refractivity contribution in [2.24, 2.45) is 0 Å². The molecule has 1 rings (SSSR count). The smallest absolute Gasteiger partial charge is 0.358 e. The maximum atomic E-state index is 11.5. The Morgan fingerprint density at radius 1 is 1.42 bits per heavy atom. The third-order valence-corrected chi connectivity index (χ3v) is 4.19. The van der Waals surface area contributed by atoms with E-state index in [0.717, 1.165) is 25.1 Å². The monoisotopic (exact) mass is 302 g/mol. The highest BCUT2D eigenvalue weighted by molar-refractivity contribution is 7.98. The van der Waals surface area contributed by atoms with Crippen LogP contribution in [0.15, 0.2) is 0 Å². The van der Waals surface area contributed by atoms with Gasteiger partial charge in [0.1, 0.15) is 4.88 Å². The Morgan fingerprint density at radius 3 is 2.74 bits per heavy atom. The molecular formula is C12H18N2O3S2. The van der Waals surface area contributed by atoms with E-state index in [1.165, 1.54) is 25.4 Å². The predicted molar refractivity (Wildman–Crippen MR) is 79.6 cm³/mol. The molecule has 5 nitrogen and oxygen atoms in total. The summed E-state index contributed by atoms with van der Waals surface area (Å²) in [7, 11) is 1.28. The lowest BCUT2D eigenvalue weighted by molar-refractivity contribution is 0.0591. The van der Waals surface area contributed by atoms with Gasteiger partial charge in [-0.25, -0.2) is 9.78 Å². The number of unbranched alkanes of at least 4 members (excludes halogenated alkanes) is 1. The van der Waals surface area contributed by atoms with Gasteiger partial charge in [0.2, 0.25) is 0 Å². The minimum absolute atomic E-state index is 0.103. The quantitative estimate of drug-likeness (QED) is 0.452. The van der Waals surface area contributed by atoms with Gasteiger partial charge in [0.25, 0.3) is 0 Å². The van der Waals surface area contributed by atoms with E-state index >= 15 is 0 Å². The first kappa shape index (κ1) is 16.0. The Kier molecular flexibility index (Phi) is 6.86. The van der Waals surface area contributed by atoms with Gasteiger partial charge in [-0.15, -0.1) is 0 Å². The van der Waals surface area contributed by atoms with Crippen LogP contribution in [0.3, 0.4) is 0 Å². The van der Waals surface area contributed by atoms with E-state index in [1.807, 2.05) is 11.8 Å². The van der Waals surface area contributed by atoms with Crippen LogP contribution in [0.4, 0.5) is 5.13 Å². The number of Topliss-reactive ketones (excluding diaryl/α,β-unsaturated/α-hetero) is 1. The standard InChI is InChI=1S/C12H18N2O3S2/c1-8(15)10-9(11(16)17-2)14-12(19-10)13-6-4-5-7-18-3/h4-7H2,1-3H3,(H,13,14). The van der Waals surface area contributed by atoms with Gasteiger partial charge in [-0.3, -0.25) is 4.79 Å². The van der Waals surface area contributed by atoms with E-state index in [2.05, 4.69) is 21.3 Å². The number of ether oxygens (including phenoxy) is 1. The molecule has 0 amide bonds. The summed E-state index contributed by atoms with van der Waals surface area (Å²) in [5.41, 5.74) is 0.103. The molecule has 1 aromatic heterocycles. The fraction of sp³-hybridized carbons (Fsp3) is 0.583. The SMILES string of the molecule is COC(=O)c1nc(NCCCCSC)sc1C(C)=O. The molecule has 0 aliphatic carbocycles. The number of rotatable bonds is 8. The molecule has 0 aromatic carbocycles. The molecule has 0 unspecified atom stereocenters. The second-order valence-corrected chi connectivity index (χ2v) is 5.86. The van der Waals surface area contributed by atoms with Gasteiger partial charge < -0.3 is 10.1 Å². The number of anilines is 1. The van der Waals surface area contributed by atoms with Crippen molar-refractivity contribution in [2.45, 2.75) is 19.8 Å². The van der Waals surface area contributed by atoms with Crippen LogP contribution >= 0.6 is 23.1 Å². The topological polar surface area (TPSA) is 68.3 Å². The van der Waals surface area contributed by atoms with Crippen LogP contribution in [0.2, 0.25) is 0 Å². The third kappa shape index (κ3) is 4.83. The zero-order valence-electron chi connectivity index (χ0n) is 11.3. The van der Waals surface area contributed by atoms with Gasteiger partial charge in [-0.2, -0.15) is 11.8 Å². The second kappa shape index (κ2) is 8.16. The number of carbonyl (C=O) groups excluding carboxylic acids is 2. The first-order chi connectivity index (χ1) is 9.10. The number of ketones is 1. The number of nitrogens with one attached hydrogen (secondary N) is 1. The van der Waals surface area contributed by atoms with Crippen molar-refractivity contribution in [2.75, 3.05) is 31.0 Å². The molecule has 0 bridgehead atoms. The summed E-state index contributed by atoms with van der Waals surface area (Å²) in [5, 5.41) is 3.73. The minimum atomic E-state index is -0.572. The molecule has 0 aliphatic rings. The zero-order chi connectivity index (χ0) is 14.3. The highest BCUT2D eigenvalue weighted by Gasteiger charge is 2.21. The number of carbonyl (C=O) groups is 2. The molecule has 0 atom stereocenters. The molecule has 1 N–H and O–H groups in total. The van der Waals surface area contributed by atoms with Crippen molar-refractivity contribution >= 4 is 40.0 Å². The molecule has 0 radical (unpaired) electrons. The first-order valence-electron chi connectivity index (χ1n) is 5.93. The highest BCUT2D eigenvalue weighted by Crippen LogP contribution is 2.24. The Hall–Kier alpha value is -1.08. The molecule has 0 fully saturated rings. The maximum absolute atomic E-state index is 11.5. The van der Waals surface area contributed by atoms with Crippen molar-refractivity contribution < 1.29 is 14.3 Å². The zero-order valence-corrected chi connectivity index (χ0v) is 12.9. The van der Waals surface area contributed by atoms with Crippen LogP contribution in [-0.4, -0.2) is 42.4 Å². The molecule has 106 valence electrons. The number of thiazole rings is 1.